The summed E-state index contributed by atoms with van der Waals surface area (Å²) in [5, 5.41) is 10.9. The lowest BCUT2D eigenvalue weighted by atomic mass is 10.1. The van der Waals surface area contributed by atoms with E-state index in [9.17, 15) is 0 Å². The van der Waals surface area contributed by atoms with Crippen molar-refractivity contribution in [2.75, 3.05) is 26.2 Å². The molecule has 0 amide bonds. The minimum absolute atomic E-state index is 0.622. The number of nitrogens with one attached hydrogen (secondary N) is 1. The number of aromatic nitrogens is 2. The average Bonchev–Trinajstić information content (AvgIpc) is 2.66. The highest BCUT2D eigenvalue weighted by atomic mass is 16.5. The first-order chi connectivity index (χ1) is 11.8. The molecule has 0 saturated heterocycles. The van der Waals surface area contributed by atoms with Gasteiger partial charge in [0.25, 0.3) is 0 Å². The van der Waals surface area contributed by atoms with Crippen LogP contribution in [0.2, 0.25) is 0 Å². The summed E-state index contributed by atoms with van der Waals surface area (Å²) in [6.45, 7) is 8.24. The molecule has 24 heavy (non-hydrogen) atoms. The summed E-state index contributed by atoms with van der Waals surface area (Å²) in [5.41, 5.74) is 1.97. The number of nitrogens with zero attached hydrogens (tertiary/aromatic N) is 2. The number of quaternary nitrogens is 1. The zero-order chi connectivity index (χ0) is 16.8. The van der Waals surface area contributed by atoms with Gasteiger partial charge in [-0.2, -0.15) is 0 Å². The van der Waals surface area contributed by atoms with Gasteiger partial charge in [0, 0.05) is 16.3 Å². The van der Waals surface area contributed by atoms with Gasteiger partial charge in [0.05, 0.1) is 13.1 Å². The minimum atomic E-state index is 0.622. The molecule has 1 aromatic heterocycles. The van der Waals surface area contributed by atoms with Gasteiger partial charge >= 0.3 is 0 Å². The highest BCUT2D eigenvalue weighted by molar-refractivity contribution is 5.96. The third kappa shape index (κ3) is 3.54. The van der Waals surface area contributed by atoms with Crippen molar-refractivity contribution >= 4 is 10.8 Å². The van der Waals surface area contributed by atoms with Crippen molar-refractivity contribution in [2.24, 2.45) is 0 Å². The normalized spacial score (nSPS) is 11.1. The second-order valence-electron chi connectivity index (χ2n) is 5.82. The molecule has 0 atom stereocenters. The monoisotopic (exact) mass is 322 g/mol. The molecule has 0 fully saturated rings. The molecule has 0 aliphatic carbocycles. The van der Waals surface area contributed by atoms with E-state index in [1.165, 1.54) is 4.90 Å². The molecule has 3 rings (SSSR count). The third-order valence-corrected chi connectivity index (χ3v) is 4.40. The summed E-state index contributed by atoms with van der Waals surface area (Å²) < 4.78 is 5.95. The van der Waals surface area contributed by atoms with Gasteiger partial charge in [0.2, 0.25) is 5.88 Å². The van der Waals surface area contributed by atoms with Gasteiger partial charge < -0.3 is 9.64 Å². The lowest BCUT2D eigenvalue weighted by molar-refractivity contribution is -0.896. The van der Waals surface area contributed by atoms with Crippen LogP contribution in [-0.2, 0) is 0 Å². The van der Waals surface area contributed by atoms with E-state index in [0.29, 0.717) is 12.5 Å². The number of likely N-dealkylation sites (N-methyl/N-ethyl adjacent to an activating group) is 1. The molecule has 0 aliphatic heterocycles. The van der Waals surface area contributed by atoms with Gasteiger partial charge in [-0.1, -0.05) is 48.5 Å². The molecule has 4 nitrogen and oxygen atoms in total. The van der Waals surface area contributed by atoms with E-state index in [1.54, 1.807) is 0 Å². The topological polar surface area (TPSA) is 39.5 Å². The van der Waals surface area contributed by atoms with E-state index >= 15 is 0 Å². The molecule has 0 saturated carbocycles. The first-order valence-corrected chi connectivity index (χ1v) is 8.60. The van der Waals surface area contributed by atoms with Crippen LogP contribution in [0.4, 0.5) is 0 Å². The zero-order valence-electron chi connectivity index (χ0n) is 14.3. The Kier molecular flexibility index (Phi) is 5.39. The molecule has 2 aromatic carbocycles. The van der Waals surface area contributed by atoms with Gasteiger partial charge in [0.15, 0.2) is 0 Å². The number of hydrogen-bond acceptors (Lipinski definition) is 3. The van der Waals surface area contributed by atoms with Crippen LogP contribution in [0, 0.1) is 0 Å². The van der Waals surface area contributed by atoms with Crippen molar-refractivity contribution in [3.8, 4) is 17.1 Å². The minimum Gasteiger partial charge on any atom is -0.470 e. The van der Waals surface area contributed by atoms with Gasteiger partial charge in [-0.25, -0.2) is 0 Å². The molecule has 0 spiro atoms. The van der Waals surface area contributed by atoms with Crippen LogP contribution in [0.1, 0.15) is 13.8 Å². The van der Waals surface area contributed by atoms with E-state index in [-0.39, 0.29) is 0 Å². The van der Waals surface area contributed by atoms with Crippen LogP contribution in [0.3, 0.4) is 0 Å². The first kappa shape index (κ1) is 16.4. The molecule has 0 bridgehead atoms. The molecular weight excluding hydrogens is 298 g/mol. The standard InChI is InChI=1S/C20H23N3O/c1-3-23(4-2)14-15-24-20-18-13-9-8-12-17(18)19(21-22-20)16-10-6-5-7-11-16/h5-13H,3-4,14-15H2,1-2H3/p+1. The van der Waals surface area contributed by atoms with Crippen molar-refractivity contribution in [1.29, 1.82) is 0 Å². The van der Waals surface area contributed by atoms with Crippen molar-refractivity contribution in [2.45, 2.75) is 13.8 Å². The lowest BCUT2D eigenvalue weighted by Crippen LogP contribution is -3.12. The summed E-state index contributed by atoms with van der Waals surface area (Å²) in [7, 11) is 0. The van der Waals surface area contributed by atoms with Gasteiger partial charge in [0.1, 0.15) is 18.8 Å². The van der Waals surface area contributed by atoms with Gasteiger partial charge in [-0.3, -0.25) is 0 Å². The van der Waals surface area contributed by atoms with Crippen LogP contribution in [0.25, 0.3) is 22.0 Å². The molecular formula is C20H24N3O+. The van der Waals surface area contributed by atoms with E-state index in [2.05, 4.69) is 48.3 Å². The lowest BCUT2D eigenvalue weighted by Gasteiger charge is -2.16. The fourth-order valence-corrected chi connectivity index (χ4v) is 2.89. The third-order valence-electron chi connectivity index (χ3n) is 4.40. The Morgan fingerprint density at radius 1 is 0.833 bits per heavy atom. The quantitative estimate of drug-likeness (QED) is 0.727. The van der Waals surface area contributed by atoms with Crippen molar-refractivity contribution in [3.63, 3.8) is 0 Å². The Morgan fingerprint density at radius 3 is 2.21 bits per heavy atom. The number of fused-ring (bicyclic) bond motifs is 1. The van der Waals surface area contributed by atoms with Crippen LogP contribution < -0.4 is 9.64 Å². The van der Waals surface area contributed by atoms with Crippen LogP contribution in [-0.4, -0.2) is 36.4 Å². The summed E-state index contributed by atoms with van der Waals surface area (Å²) in [4.78, 5) is 1.52. The second kappa shape index (κ2) is 7.88. The smallest absolute Gasteiger partial charge is 0.241 e. The molecule has 4 heteroatoms. The molecule has 3 aromatic rings. The largest absolute Gasteiger partial charge is 0.470 e. The molecule has 0 unspecified atom stereocenters. The van der Waals surface area contributed by atoms with E-state index < -0.39 is 0 Å². The number of ether oxygens (including phenoxy) is 1. The summed E-state index contributed by atoms with van der Waals surface area (Å²) in [6, 6.07) is 18.3. The Balaban J connectivity index is 1.89. The Morgan fingerprint density at radius 2 is 1.50 bits per heavy atom. The Bertz CT molecular complexity index is 785. The summed E-state index contributed by atoms with van der Waals surface area (Å²) in [6.07, 6.45) is 0. The first-order valence-electron chi connectivity index (χ1n) is 8.60. The number of rotatable bonds is 7. The molecule has 0 aliphatic rings. The highest BCUT2D eigenvalue weighted by Gasteiger charge is 2.12. The van der Waals surface area contributed by atoms with Crippen LogP contribution in [0.5, 0.6) is 5.88 Å². The van der Waals surface area contributed by atoms with Gasteiger partial charge in [-0.05, 0) is 19.9 Å². The van der Waals surface area contributed by atoms with Crippen LogP contribution >= 0.6 is 0 Å². The maximum absolute atomic E-state index is 5.95. The number of hydrogen-bond donors (Lipinski definition) is 1. The van der Waals surface area contributed by atoms with E-state index in [4.69, 9.17) is 4.74 Å². The molecule has 0 radical (unpaired) electrons. The van der Waals surface area contributed by atoms with Gasteiger partial charge in [-0.15, -0.1) is 10.2 Å². The molecule has 1 N–H and O–H groups in total. The highest BCUT2D eigenvalue weighted by Crippen LogP contribution is 2.30. The Labute approximate surface area is 143 Å². The van der Waals surface area contributed by atoms with Crippen LogP contribution in [0.15, 0.2) is 54.6 Å². The van der Waals surface area contributed by atoms with Crippen molar-refractivity contribution in [1.82, 2.24) is 10.2 Å². The van der Waals surface area contributed by atoms with E-state index in [0.717, 1.165) is 41.7 Å². The second-order valence-corrected chi connectivity index (χ2v) is 5.82. The Hall–Kier alpha value is -2.46. The van der Waals surface area contributed by atoms with Crippen molar-refractivity contribution < 1.29 is 9.64 Å². The predicted molar refractivity (Wildman–Crippen MR) is 97.4 cm³/mol. The zero-order valence-corrected chi connectivity index (χ0v) is 14.3. The molecule has 124 valence electrons. The predicted octanol–water partition coefficient (Wildman–Crippen LogP) is 2.60. The summed E-state index contributed by atoms with van der Waals surface area (Å²) >= 11 is 0. The number of benzene rings is 2. The average molecular weight is 322 g/mol. The fourth-order valence-electron chi connectivity index (χ4n) is 2.89. The maximum Gasteiger partial charge on any atom is 0.241 e. The summed E-state index contributed by atoms with van der Waals surface area (Å²) in [5.74, 6) is 0.622. The fraction of sp³-hybridized carbons (Fsp3) is 0.300. The SMILES string of the molecule is CC[NH+](CC)CCOc1nnc(-c2ccccc2)c2ccccc12. The maximum atomic E-state index is 5.95. The van der Waals surface area contributed by atoms with E-state index in [1.807, 2.05) is 30.3 Å². The van der Waals surface area contributed by atoms with Crippen molar-refractivity contribution in [3.05, 3.63) is 54.6 Å². The molecule has 1 heterocycles.